The molecule has 0 bridgehead atoms. The highest BCUT2D eigenvalue weighted by atomic mass is 35.5. The molecule has 2 N–H and O–H groups in total. The maximum absolute atomic E-state index is 11.8. The summed E-state index contributed by atoms with van der Waals surface area (Å²) in [6, 6.07) is 2.96. The maximum atomic E-state index is 11.8. The predicted molar refractivity (Wildman–Crippen MR) is 60.8 cm³/mol. The number of hydrogen-bond acceptors (Lipinski definition) is 3. The van der Waals surface area contributed by atoms with Crippen molar-refractivity contribution in [3.63, 3.8) is 0 Å². The summed E-state index contributed by atoms with van der Waals surface area (Å²) >= 11 is 5.82. The lowest BCUT2D eigenvalue weighted by Crippen LogP contribution is -2.12. The SMILES string of the molecule is O=S(=O)(Nc1cnccc1Cl)c1cc[nH]c1. The standard InChI is InChI=1S/C9H8ClN3O2S/c10-8-2-4-12-6-9(8)13-16(14,15)7-1-3-11-5-7/h1-6,11,13H. The Hall–Kier alpha value is -1.53. The lowest BCUT2D eigenvalue weighted by atomic mass is 10.4. The van der Waals surface area contributed by atoms with Gasteiger partial charge in [-0.2, -0.15) is 0 Å². The summed E-state index contributed by atoms with van der Waals surface area (Å²) in [6.45, 7) is 0. The number of nitrogens with one attached hydrogen (secondary N) is 2. The Morgan fingerprint density at radius 3 is 2.81 bits per heavy atom. The number of sulfonamides is 1. The van der Waals surface area contributed by atoms with Crippen molar-refractivity contribution in [1.82, 2.24) is 9.97 Å². The van der Waals surface area contributed by atoms with Crippen molar-refractivity contribution < 1.29 is 8.42 Å². The Morgan fingerprint density at radius 1 is 1.38 bits per heavy atom. The van der Waals surface area contributed by atoms with Crippen molar-refractivity contribution in [1.29, 1.82) is 0 Å². The minimum Gasteiger partial charge on any atom is -0.366 e. The van der Waals surface area contributed by atoms with Gasteiger partial charge in [-0.3, -0.25) is 9.71 Å². The van der Waals surface area contributed by atoms with E-state index in [1.165, 1.54) is 36.9 Å². The molecule has 0 aliphatic rings. The van der Waals surface area contributed by atoms with E-state index in [0.29, 0.717) is 5.02 Å². The van der Waals surface area contributed by atoms with Gasteiger partial charge in [-0.1, -0.05) is 11.6 Å². The van der Waals surface area contributed by atoms with Crippen LogP contribution in [0.3, 0.4) is 0 Å². The van der Waals surface area contributed by atoms with Crippen LogP contribution in [0.2, 0.25) is 5.02 Å². The molecule has 0 radical (unpaired) electrons. The number of rotatable bonds is 3. The van der Waals surface area contributed by atoms with Crippen LogP contribution in [0.25, 0.3) is 0 Å². The van der Waals surface area contributed by atoms with Crippen molar-refractivity contribution in [3.8, 4) is 0 Å². The topological polar surface area (TPSA) is 74.8 Å². The van der Waals surface area contributed by atoms with Gasteiger partial charge < -0.3 is 4.98 Å². The first-order valence-corrected chi connectivity index (χ1v) is 6.21. The highest BCUT2D eigenvalue weighted by Gasteiger charge is 2.15. The summed E-state index contributed by atoms with van der Waals surface area (Å²) in [5.74, 6) is 0. The molecule has 2 aromatic rings. The molecule has 0 aliphatic carbocycles. The second kappa shape index (κ2) is 4.15. The highest BCUT2D eigenvalue weighted by molar-refractivity contribution is 7.92. The average molecular weight is 258 g/mol. The van der Waals surface area contributed by atoms with E-state index in [1.807, 2.05) is 0 Å². The van der Waals surface area contributed by atoms with Gasteiger partial charge >= 0.3 is 0 Å². The molecule has 0 saturated carbocycles. The van der Waals surface area contributed by atoms with Crippen molar-refractivity contribution in [2.45, 2.75) is 4.90 Å². The van der Waals surface area contributed by atoms with Crippen molar-refractivity contribution >= 4 is 27.3 Å². The van der Waals surface area contributed by atoms with Crippen LogP contribution in [0.1, 0.15) is 0 Å². The highest BCUT2D eigenvalue weighted by Crippen LogP contribution is 2.22. The van der Waals surface area contributed by atoms with E-state index < -0.39 is 10.0 Å². The number of aromatic nitrogens is 2. The average Bonchev–Trinajstić information content (AvgIpc) is 2.75. The lowest BCUT2D eigenvalue weighted by molar-refractivity contribution is 0.601. The molecule has 0 aliphatic heterocycles. The smallest absolute Gasteiger partial charge is 0.263 e. The second-order valence-electron chi connectivity index (χ2n) is 3.01. The van der Waals surface area contributed by atoms with Crippen LogP contribution in [-0.4, -0.2) is 18.4 Å². The van der Waals surface area contributed by atoms with Gasteiger partial charge in [0.1, 0.15) is 4.90 Å². The summed E-state index contributed by atoms with van der Waals surface area (Å²) in [4.78, 5) is 6.61. The van der Waals surface area contributed by atoms with Crippen LogP contribution in [0.4, 0.5) is 5.69 Å². The van der Waals surface area contributed by atoms with Gasteiger partial charge in [-0.25, -0.2) is 8.42 Å². The molecule has 0 unspecified atom stereocenters. The van der Waals surface area contributed by atoms with E-state index in [9.17, 15) is 8.42 Å². The number of aromatic amines is 1. The first-order chi connectivity index (χ1) is 7.59. The molecule has 0 spiro atoms. The van der Waals surface area contributed by atoms with Crippen LogP contribution >= 0.6 is 11.6 Å². The third kappa shape index (κ3) is 2.17. The van der Waals surface area contributed by atoms with Gasteiger partial charge in [0.05, 0.1) is 16.9 Å². The number of H-pyrrole nitrogens is 1. The fourth-order valence-corrected chi connectivity index (χ4v) is 2.38. The molecule has 0 aromatic carbocycles. The van der Waals surface area contributed by atoms with Gasteiger partial charge in [0.25, 0.3) is 10.0 Å². The number of hydrogen-bond donors (Lipinski definition) is 2. The molecule has 0 saturated heterocycles. The number of pyridine rings is 1. The van der Waals surface area contributed by atoms with Crippen LogP contribution < -0.4 is 4.72 Å². The van der Waals surface area contributed by atoms with E-state index in [1.54, 1.807) is 0 Å². The maximum Gasteiger partial charge on any atom is 0.263 e. The van der Waals surface area contributed by atoms with Gasteiger partial charge in [0.15, 0.2) is 0 Å². The van der Waals surface area contributed by atoms with E-state index >= 15 is 0 Å². The molecule has 7 heteroatoms. The van der Waals surface area contributed by atoms with Gasteiger partial charge in [0, 0.05) is 18.6 Å². The van der Waals surface area contributed by atoms with Gasteiger partial charge in [0.2, 0.25) is 0 Å². The monoisotopic (exact) mass is 257 g/mol. The molecule has 16 heavy (non-hydrogen) atoms. The predicted octanol–water partition coefficient (Wildman–Crippen LogP) is 1.86. The van der Waals surface area contributed by atoms with Crippen molar-refractivity contribution in [2.24, 2.45) is 0 Å². The van der Waals surface area contributed by atoms with Crippen LogP contribution in [-0.2, 0) is 10.0 Å². The molecule has 0 amide bonds. The zero-order valence-electron chi connectivity index (χ0n) is 8.01. The van der Waals surface area contributed by atoms with E-state index in [4.69, 9.17) is 11.6 Å². The number of nitrogens with zero attached hydrogens (tertiary/aromatic N) is 1. The van der Waals surface area contributed by atoms with Crippen molar-refractivity contribution in [2.75, 3.05) is 4.72 Å². The minimum atomic E-state index is -3.60. The quantitative estimate of drug-likeness (QED) is 0.881. The molecule has 2 heterocycles. The molecule has 2 rings (SSSR count). The molecule has 0 fully saturated rings. The summed E-state index contributed by atoms with van der Waals surface area (Å²) in [6.07, 6.45) is 5.75. The molecule has 0 atom stereocenters. The third-order valence-corrected chi connectivity index (χ3v) is 3.58. The summed E-state index contributed by atoms with van der Waals surface area (Å²) < 4.78 is 25.9. The number of anilines is 1. The molecule has 5 nitrogen and oxygen atoms in total. The Kier molecular flexibility index (Phi) is 2.84. The molecule has 2 aromatic heterocycles. The fraction of sp³-hybridized carbons (Fsp3) is 0. The Bertz CT molecular complexity index is 581. The summed E-state index contributed by atoms with van der Waals surface area (Å²) in [5, 5.41) is 0.300. The number of halogens is 1. The fourth-order valence-electron chi connectivity index (χ4n) is 1.13. The first kappa shape index (κ1) is 11.0. The molecular weight excluding hydrogens is 250 g/mol. The van der Waals surface area contributed by atoms with Crippen LogP contribution in [0.15, 0.2) is 41.8 Å². The molecule has 84 valence electrons. The molecular formula is C9H8ClN3O2S. The minimum absolute atomic E-state index is 0.146. The van der Waals surface area contributed by atoms with E-state index in [2.05, 4.69) is 14.7 Å². The van der Waals surface area contributed by atoms with Crippen molar-refractivity contribution in [3.05, 3.63) is 41.9 Å². The van der Waals surface area contributed by atoms with E-state index in [0.717, 1.165) is 0 Å². The van der Waals surface area contributed by atoms with Crippen LogP contribution in [0, 0.1) is 0 Å². The zero-order chi connectivity index (χ0) is 11.6. The second-order valence-corrected chi connectivity index (χ2v) is 5.10. The Balaban J connectivity index is 2.33. The lowest BCUT2D eigenvalue weighted by Gasteiger charge is -2.06. The van der Waals surface area contributed by atoms with E-state index in [-0.39, 0.29) is 10.6 Å². The Morgan fingerprint density at radius 2 is 2.19 bits per heavy atom. The first-order valence-electron chi connectivity index (χ1n) is 4.35. The largest absolute Gasteiger partial charge is 0.366 e. The zero-order valence-corrected chi connectivity index (χ0v) is 9.59. The van der Waals surface area contributed by atoms with Gasteiger partial charge in [-0.05, 0) is 12.1 Å². The van der Waals surface area contributed by atoms with Crippen LogP contribution in [0.5, 0.6) is 0 Å². The summed E-state index contributed by atoms with van der Waals surface area (Å²) in [5.41, 5.74) is 0.255. The summed E-state index contributed by atoms with van der Waals surface area (Å²) in [7, 11) is -3.60. The van der Waals surface area contributed by atoms with Gasteiger partial charge in [-0.15, -0.1) is 0 Å². The third-order valence-electron chi connectivity index (χ3n) is 1.89. The Labute approximate surface area is 97.5 Å². The normalized spacial score (nSPS) is 11.3.